The van der Waals surface area contributed by atoms with Crippen LogP contribution in [-0.2, 0) is 13.0 Å². The number of nitrogens with one attached hydrogen (secondary N) is 2. The summed E-state index contributed by atoms with van der Waals surface area (Å²) in [5.41, 5.74) is 3.92. The molecule has 3 atom stereocenters. The number of amides is 2. The number of benzene rings is 2. The standard InChI is InChI=1S/C19H20N2O2/c1-23-14-8-6-12(7-9-14)11-20-19(22)21-18-16-10-13-4-2-3-5-15(13)17(16)18/h2-9,16-18H,10-11H2,1H3,(H2,20,21,22)/t16-,17-,18+/m0/s1. The molecule has 4 nitrogen and oxygen atoms in total. The number of rotatable bonds is 4. The number of urea groups is 1. The molecule has 0 aromatic heterocycles. The minimum atomic E-state index is -0.0855. The Labute approximate surface area is 135 Å². The first-order valence-corrected chi connectivity index (χ1v) is 8.01. The van der Waals surface area contributed by atoms with E-state index < -0.39 is 0 Å². The number of ether oxygens (including phenoxy) is 1. The van der Waals surface area contributed by atoms with Crippen LogP contribution < -0.4 is 15.4 Å². The summed E-state index contributed by atoms with van der Waals surface area (Å²) in [4.78, 5) is 12.1. The molecule has 23 heavy (non-hydrogen) atoms. The predicted octanol–water partition coefficient (Wildman–Crippen LogP) is 2.83. The molecule has 2 amide bonds. The van der Waals surface area contributed by atoms with Crippen molar-refractivity contribution in [2.75, 3.05) is 7.11 Å². The third-order valence-corrected chi connectivity index (χ3v) is 4.95. The van der Waals surface area contributed by atoms with Crippen molar-refractivity contribution < 1.29 is 9.53 Å². The topological polar surface area (TPSA) is 50.4 Å². The molecular weight excluding hydrogens is 288 g/mol. The fourth-order valence-electron chi connectivity index (χ4n) is 3.68. The van der Waals surface area contributed by atoms with Gasteiger partial charge in [0.15, 0.2) is 0 Å². The van der Waals surface area contributed by atoms with E-state index in [1.54, 1.807) is 7.11 Å². The second-order valence-corrected chi connectivity index (χ2v) is 6.29. The maximum atomic E-state index is 12.1. The lowest BCUT2D eigenvalue weighted by Crippen LogP contribution is -2.38. The summed E-state index contributed by atoms with van der Waals surface area (Å²) in [6.07, 6.45) is 1.09. The summed E-state index contributed by atoms with van der Waals surface area (Å²) >= 11 is 0. The number of hydrogen-bond acceptors (Lipinski definition) is 2. The maximum Gasteiger partial charge on any atom is 0.315 e. The van der Waals surface area contributed by atoms with E-state index in [9.17, 15) is 4.79 Å². The van der Waals surface area contributed by atoms with Crippen molar-refractivity contribution in [3.8, 4) is 5.75 Å². The van der Waals surface area contributed by atoms with Crippen LogP contribution in [0.15, 0.2) is 48.5 Å². The van der Waals surface area contributed by atoms with Crippen molar-refractivity contribution in [2.45, 2.75) is 24.9 Å². The molecule has 2 N–H and O–H groups in total. The number of hydrogen-bond donors (Lipinski definition) is 2. The van der Waals surface area contributed by atoms with Gasteiger partial charge in [0.2, 0.25) is 0 Å². The Morgan fingerprint density at radius 3 is 2.74 bits per heavy atom. The Hall–Kier alpha value is -2.49. The van der Waals surface area contributed by atoms with Crippen molar-refractivity contribution >= 4 is 6.03 Å². The van der Waals surface area contributed by atoms with E-state index in [-0.39, 0.29) is 6.03 Å². The van der Waals surface area contributed by atoms with Crippen LogP contribution >= 0.6 is 0 Å². The van der Waals surface area contributed by atoms with Gasteiger partial charge in [-0.15, -0.1) is 0 Å². The van der Waals surface area contributed by atoms with Gasteiger partial charge in [-0.25, -0.2) is 4.79 Å². The van der Waals surface area contributed by atoms with E-state index in [2.05, 4.69) is 34.9 Å². The van der Waals surface area contributed by atoms with Gasteiger partial charge in [-0.1, -0.05) is 36.4 Å². The van der Waals surface area contributed by atoms with Crippen LogP contribution in [-0.4, -0.2) is 19.2 Å². The predicted molar refractivity (Wildman–Crippen MR) is 88.5 cm³/mol. The summed E-state index contributed by atoms with van der Waals surface area (Å²) in [5.74, 6) is 1.92. The van der Waals surface area contributed by atoms with Crippen LogP contribution in [0.4, 0.5) is 4.79 Å². The van der Waals surface area contributed by atoms with Gasteiger partial charge in [-0.2, -0.15) is 0 Å². The Balaban J connectivity index is 1.29. The van der Waals surface area contributed by atoms with Crippen LogP contribution in [0.25, 0.3) is 0 Å². The second kappa shape index (κ2) is 5.61. The molecule has 2 aliphatic carbocycles. The SMILES string of the molecule is COc1ccc(CNC(=O)N[C@@H]2[C@H]3Cc4ccccc4[C@@H]32)cc1. The van der Waals surface area contributed by atoms with Gasteiger partial charge in [-0.05, 0) is 41.2 Å². The van der Waals surface area contributed by atoms with E-state index in [0.717, 1.165) is 17.7 Å². The van der Waals surface area contributed by atoms with E-state index in [1.165, 1.54) is 11.1 Å². The highest BCUT2D eigenvalue weighted by atomic mass is 16.5. The number of fused-ring (bicyclic) bond motifs is 3. The normalized spacial score (nSPS) is 23.6. The summed E-state index contributed by atoms with van der Waals surface area (Å²) in [6, 6.07) is 16.5. The zero-order valence-electron chi connectivity index (χ0n) is 13.1. The van der Waals surface area contributed by atoms with E-state index in [4.69, 9.17) is 4.74 Å². The van der Waals surface area contributed by atoms with Crippen molar-refractivity contribution in [3.63, 3.8) is 0 Å². The van der Waals surface area contributed by atoms with Gasteiger partial charge in [0, 0.05) is 18.5 Å². The Kier molecular flexibility index (Phi) is 3.45. The maximum absolute atomic E-state index is 12.1. The first-order chi connectivity index (χ1) is 11.3. The summed E-state index contributed by atoms with van der Waals surface area (Å²) in [5, 5.41) is 6.05. The molecule has 0 aliphatic heterocycles. The van der Waals surface area contributed by atoms with Crippen molar-refractivity contribution in [1.29, 1.82) is 0 Å². The Morgan fingerprint density at radius 2 is 1.96 bits per heavy atom. The van der Waals surface area contributed by atoms with Gasteiger partial charge >= 0.3 is 6.03 Å². The average molecular weight is 308 g/mol. The number of methoxy groups -OCH3 is 1. The third kappa shape index (κ3) is 2.65. The molecule has 1 fully saturated rings. The van der Waals surface area contributed by atoms with E-state index in [1.807, 2.05) is 24.3 Å². The van der Waals surface area contributed by atoms with Crippen molar-refractivity contribution in [1.82, 2.24) is 10.6 Å². The molecule has 2 aromatic rings. The Morgan fingerprint density at radius 1 is 1.17 bits per heavy atom. The molecule has 1 saturated carbocycles. The molecule has 4 rings (SSSR count). The molecule has 2 aromatic carbocycles. The quantitative estimate of drug-likeness (QED) is 0.912. The number of carbonyl (C=O) groups is 1. The van der Waals surface area contributed by atoms with Crippen LogP contribution in [0, 0.1) is 5.92 Å². The third-order valence-electron chi connectivity index (χ3n) is 4.95. The molecule has 0 spiro atoms. The van der Waals surface area contributed by atoms with Crippen LogP contribution in [0.5, 0.6) is 5.75 Å². The van der Waals surface area contributed by atoms with Gasteiger partial charge in [0.05, 0.1) is 7.11 Å². The molecule has 118 valence electrons. The molecule has 0 saturated heterocycles. The van der Waals surface area contributed by atoms with Gasteiger partial charge in [0.25, 0.3) is 0 Å². The highest BCUT2D eigenvalue weighted by molar-refractivity contribution is 5.75. The van der Waals surface area contributed by atoms with E-state index in [0.29, 0.717) is 24.4 Å². The van der Waals surface area contributed by atoms with Crippen molar-refractivity contribution in [3.05, 3.63) is 65.2 Å². The second-order valence-electron chi connectivity index (χ2n) is 6.29. The zero-order valence-corrected chi connectivity index (χ0v) is 13.1. The summed E-state index contributed by atoms with van der Waals surface area (Å²) < 4.78 is 5.13. The van der Waals surface area contributed by atoms with Gasteiger partial charge in [-0.3, -0.25) is 0 Å². The molecule has 0 bridgehead atoms. The fourth-order valence-corrected chi connectivity index (χ4v) is 3.68. The zero-order chi connectivity index (χ0) is 15.8. The molecule has 2 aliphatic rings. The average Bonchev–Trinajstić information content (AvgIpc) is 3.10. The lowest BCUT2D eigenvalue weighted by molar-refractivity contribution is 0.239. The number of carbonyl (C=O) groups excluding carboxylic acids is 1. The van der Waals surface area contributed by atoms with Crippen LogP contribution in [0.3, 0.4) is 0 Å². The van der Waals surface area contributed by atoms with Gasteiger partial charge < -0.3 is 15.4 Å². The van der Waals surface area contributed by atoms with Crippen LogP contribution in [0.2, 0.25) is 0 Å². The van der Waals surface area contributed by atoms with Crippen molar-refractivity contribution in [2.24, 2.45) is 5.92 Å². The highest BCUT2D eigenvalue weighted by Crippen LogP contribution is 2.56. The molecular formula is C19H20N2O2. The fraction of sp³-hybridized carbons (Fsp3) is 0.316. The minimum Gasteiger partial charge on any atom is -0.497 e. The van der Waals surface area contributed by atoms with Gasteiger partial charge in [0.1, 0.15) is 5.75 Å². The summed E-state index contributed by atoms with van der Waals surface area (Å²) in [6.45, 7) is 0.522. The lowest BCUT2D eigenvalue weighted by atomic mass is 10.1. The monoisotopic (exact) mass is 308 g/mol. The van der Waals surface area contributed by atoms with E-state index >= 15 is 0 Å². The molecule has 0 heterocycles. The Bertz CT molecular complexity index is 726. The molecule has 4 heteroatoms. The highest BCUT2D eigenvalue weighted by Gasteiger charge is 2.56. The first kappa shape index (κ1) is 14.1. The minimum absolute atomic E-state index is 0.0855. The molecule has 0 unspecified atom stereocenters. The smallest absolute Gasteiger partial charge is 0.315 e. The van der Waals surface area contributed by atoms with Crippen LogP contribution in [0.1, 0.15) is 22.6 Å². The first-order valence-electron chi connectivity index (χ1n) is 8.01. The lowest BCUT2D eigenvalue weighted by Gasteiger charge is -2.11. The molecule has 0 radical (unpaired) electrons. The summed E-state index contributed by atoms with van der Waals surface area (Å²) in [7, 11) is 1.64. The largest absolute Gasteiger partial charge is 0.497 e.